The summed E-state index contributed by atoms with van der Waals surface area (Å²) in [5.74, 6) is -0.647. The minimum atomic E-state index is -0.938. The molecule has 2 aromatic carbocycles. The maximum absolute atomic E-state index is 13.1. The molecule has 0 saturated heterocycles. The summed E-state index contributed by atoms with van der Waals surface area (Å²) in [7, 11) is 0. The van der Waals surface area contributed by atoms with Gasteiger partial charge in [-0.3, -0.25) is 14.4 Å². The van der Waals surface area contributed by atoms with Gasteiger partial charge in [0.05, 0.1) is 29.3 Å². The van der Waals surface area contributed by atoms with Crippen LogP contribution in [0.2, 0.25) is 0 Å². The van der Waals surface area contributed by atoms with Crippen molar-refractivity contribution >= 4 is 34.5 Å². The fraction of sp³-hybridized carbons (Fsp3) is 0.333. The maximum Gasteiger partial charge on any atom is 0.307 e. The molecule has 0 aliphatic heterocycles. The number of aromatic nitrogens is 2. The first-order valence-corrected chi connectivity index (χ1v) is 13.3. The van der Waals surface area contributed by atoms with Crippen LogP contribution in [0.25, 0.3) is 22.4 Å². The van der Waals surface area contributed by atoms with Crippen LogP contribution in [-0.4, -0.2) is 38.5 Å². The number of carbonyl (C=O) groups excluding carboxylic acids is 2. The number of nitrogens with zero attached hydrogens (tertiary/aromatic N) is 2. The molecule has 9 heteroatoms. The van der Waals surface area contributed by atoms with Gasteiger partial charge in [0.1, 0.15) is 12.1 Å². The topological polar surface area (TPSA) is 126 Å². The highest BCUT2D eigenvalue weighted by atomic mass is 16.4. The molecule has 39 heavy (non-hydrogen) atoms. The molecular weight excluding hydrogens is 496 g/mol. The molecule has 1 saturated carbocycles. The summed E-state index contributed by atoms with van der Waals surface area (Å²) in [6.45, 7) is 1.77. The summed E-state index contributed by atoms with van der Waals surface area (Å²) < 4.78 is 7.62. The molecule has 5 rings (SSSR count). The van der Waals surface area contributed by atoms with Gasteiger partial charge in [-0.05, 0) is 61.7 Å². The van der Waals surface area contributed by atoms with Gasteiger partial charge in [0.2, 0.25) is 5.91 Å². The highest BCUT2D eigenvalue weighted by Crippen LogP contribution is 2.36. The Kier molecular flexibility index (Phi) is 7.76. The monoisotopic (exact) mass is 528 g/mol. The number of hydrogen-bond donors (Lipinski definition) is 3. The molecular formula is C30H32N4O5. The molecule has 1 atom stereocenters. The molecule has 9 nitrogen and oxygen atoms in total. The van der Waals surface area contributed by atoms with Crippen molar-refractivity contribution in [2.75, 3.05) is 5.32 Å². The molecule has 0 bridgehead atoms. The Morgan fingerprint density at radius 3 is 2.67 bits per heavy atom. The number of anilines is 1. The summed E-state index contributed by atoms with van der Waals surface area (Å²) in [6, 6.07) is 14.1. The Bertz CT molecular complexity index is 1480. The minimum absolute atomic E-state index is 0.0675. The van der Waals surface area contributed by atoms with E-state index in [-0.39, 0.29) is 24.7 Å². The van der Waals surface area contributed by atoms with E-state index < -0.39 is 12.0 Å². The van der Waals surface area contributed by atoms with Crippen LogP contribution in [0.3, 0.4) is 0 Å². The van der Waals surface area contributed by atoms with Gasteiger partial charge in [0.15, 0.2) is 0 Å². The van der Waals surface area contributed by atoms with Gasteiger partial charge in [-0.15, -0.1) is 0 Å². The van der Waals surface area contributed by atoms with E-state index in [1.54, 1.807) is 55.8 Å². The average Bonchev–Trinajstić information content (AvgIpc) is 3.56. The van der Waals surface area contributed by atoms with Crippen molar-refractivity contribution in [2.24, 2.45) is 0 Å². The van der Waals surface area contributed by atoms with Crippen molar-refractivity contribution in [1.29, 1.82) is 0 Å². The van der Waals surface area contributed by atoms with Crippen LogP contribution in [0.1, 0.15) is 67.4 Å². The number of amides is 2. The normalized spacial score (nSPS) is 14.7. The van der Waals surface area contributed by atoms with Crippen molar-refractivity contribution in [2.45, 2.75) is 64.0 Å². The lowest BCUT2D eigenvalue weighted by Crippen LogP contribution is -2.35. The lowest BCUT2D eigenvalue weighted by Gasteiger charge is -2.25. The van der Waals surface area contributed by atoms with Crippen molar-refractivity contribution in [3.05, 3.63) is 72.2 Å². The Hall–Kier alpha value is -4.40. The third-order valence-electron chi connectivity index (χ3n) is 7.11. The average molecular weight is 529 g/mol. The lowest BCUT2D eigenvalue weighted by molar-refractivity contribution is -0.136. The molecule has 1 aliphatic rings. The van der Waals surface area contributed by atoms with Gasteiger partial charge in [0, 0.05) is 29.8 Å². The van der Waals surface area contributed by atoms with Gasteiger partial charge < -0.3 is 24.7 Å². The van der Waals surface area contributed by atoms with E-state index in [1.807, 2.05) is 12.1 Å². The number of fused-ring (bicyclic) bond motifs is 1. The van der Waals surface area contributed by atoms with Crippen molar-refractivity contribution < 1.29 is 23.9 Å². The molecule has 1 fully saturated rings. The number of nitrogens with one attached hydrogen (secondary N) is 2. The first-order chi connectivity index (χ1) is 18.9. The zero-order chi connectivity index (χ0) is 27.4. The third kappa shape index (κ3) is 6.19. The molecule has 3 N–H and O–H groups in total. The molecule has 1 unspecified atom stereocenters. The number of carboxylic acid groups (broad SMARTS) is 1. The van der Waals surface area contributed by atoms with Crippen LogP contribution in [0.4, 0.5) is 5.69 Å². The van der Waals surface area contributed by atoms with Gasteiger partial charge in [-0.2, -0.15) is 0 Å². The lowest BCUT2D eigenvalue weighted by atomic mass is 9.95. The maximum atomic E-state index is 13.1. The van der Waals surface area contributed by atoms with Crippen LogP contribution in [-0.2, 0) is 16.0 Å². The number of hydrogen-bond acceptors (Lipinski definition) is 5. The Balaban J connectivity index is 1.27. The summed E-state index contributed by atoms with van der Waals surface area (Å²) in [5.41, 5.74) is 4.24. The molecule has 202 valence electrons. The minimum Gasteiger partial charge on any atom is -0.481 e. The summed E-state index contributed by atoms with van der Waals surface area (Å²) in [6.07, 6.45) is 9.11. The van der Waals surface area contributed by atoms with E-state index in [0.29, 0.717) is 22.9 Å². The third-order valence-corrected chi connectivity index (χ3v) is 7.11. The van der Waals surface area contributed by atoms with E-state index in [2.05, 4.69) is 15.2 Å². The van der Waals surface area contributed by atoms with Crippen molar-refractivity contribution in [3.63, 3.8) is 0 Å². The molecule has 2 heterocycles. The van der Waals surface area contributed by atoms with E-state index in [9.17, 15) is 14.4 Å². The zero-order valence-electron chi connectivity index (χ0n) is 21.9. The second-order valence-electron chi connectivity index (χ2n) is 10.2. The summed E-state index contributed by atoms with van der Waals surface area (Å²) in [4.78, 5) is 41.5. The number of furan rings is 1. The first-order valence-electron chi connectivity index (χ1n) is 13.3. The van der Waals surface area contributed by atoms with Gasteiger partial charge >= 0.3 is 5.97 Å². The fourth-order valence-corrected chi connectivity index (χ4v) is 5.33. The number of imidazole rings is 1. The number of carboxylic acids is 1. The quantitative estimate of drug-likeness (QED) is 0.260. The SMILES string of the molecule is CC(CC(=O)Nc1cccc(CC(=O)O)c1)NC(=O)c1ccc2c(c1)nc(-c1ccoc1)n2C1CCCCC1. The second-order valence-corrected chi connectivity index (χ2v) is 10.2. The summed E-state index contributed by atoms with van der Waals surface area (Å²) >= 11 is 0. The highest BCUT2D eigenvalue weighted by Gasteiger charge is 2.24. The van der Waals surface area contributed by atoms with Crippen LogP contribution < -0.4 is 10.6 Å². The van der Waals surface area contributed by atoms with Gasteiger partial charge in [-0.25, -0.2) is 4.98 Å². The van der Waals surface area contributed by atoms with Gasteiger partial charge in [-0.1, -0.05) is 31.4 Å². The van der Waals surface area contributed by atoms with Crippen LogP contribution in [0, 0.1) is 0 Å². The number of aliphatic carboxylic acids is 1. The van der Waals surface area contributed by atoms with Crippen LogP contribution in [0.15, 0.2) is 65.5 Å². The number of carbonyl (C=O) groups is 3. The molecule has 1 aliphatic carbocycles. The Labute approximate surface area is 226 Å². The van der Waals surface area contributed by atoms with Crippen LogP contribution in [0.5, 0.6) is 0 Å². The molecule has 0 radical (unpaired) electrons. The number of rotatable bonds is 9. The van der Waals surface area contributed by atoms with E-state index in [0.717, 1.165) is 35.3 Å². The molecule has 0 spiro atoms. The standard InChI is InChI=1S/C30H32N4O5/c1-19(14-27(35)32-23-7-5-6-20(15-23)16-28(36)37)31-30(38)21-10-11-26-25(17-21)33-29(22-12-13-39-18-22)34(26)24-8-3-2-4-9-24/h5-7,10-13,15,17-19,24H,2-4,8-9,14,16H2,1H3,(H,31,38)(H,32,35)(H,36,37). The van der Waals surface area contributed by atoms with E-state index >= 15 is 0 Å². The van der Waals surface area contributed by atoms with E-state index in [4.69, 9.17) is 14.5 Å². The largest absolute Gasteiger partial charge is 0.481 e. The zero-order valence-corrected chi connectivity index (χ0v) is 21.9. The van der Waals surface area contributed by atoms with Crippen molar-refractivity contribution in [1.82, 2.24) is 14.9 Å². The Morgan fingerprint density at radius 2 is 1.92 bits per heavy atom. The fourth-order valence-electron chi connectivity index (χ4n) is 5.33. The van der Waals surface area contributed by atoms with E-state index in [1.165, 1.54) is 19.3 Å². The van der Waals surface area contributed by atoms with Gasteiger partial charge in [0.25, 0.3) is 5.91 Å². The predicted molar refractivity (Wildman–Crippen MR) is 148 cm³/mol. The summed E-state index contributed by atoms with van der Waals surface area (Å²) in [5, 5.41) is 14.6. The first kappa shape index (κ1) is 26.2. The second kappa shape index (κ2) is 11.6. The highest BCUT2D eigenvalue weighted by molar-refractivity contribution is 5.98. The molecule has 4 aromatic rings. The Morgan fingerprint density at radius 1 is 1.10 bits per heavy atom. The number of benzene rings is 2. The smallest absolute Gasteiger partial charge is 0.307 e. The predicted octanol–water partition coefficient (Wildman–Crippen LogP) is 5.58. The van der Waals surface area contributed by atoms with Crippen LogP contribution >= 0.6 is 0 Å². The molecule has 2 amide bonds. The molecule has 2 aromatic heterocycles. The van der Waals surface area contributed by atoms with Crippen molar-refractivity contribution in [3.8, 4) is 11.4 Å².